The van der Waals surface area contributed by atoms with Crippen molar-refractivity contribution >= 4 is 35.0 Å². The van der Waals surface area contributed by atoms with Gasteiger partial charge in [0.05, 0.1) is 6.42 Å². The molecule has 3 aromatic carbocycles. The zero-order chi connectivity index (χ0) is 25.4. The lowest BCUT2D eigenvalue weighted by Gasteiger charge is -2.32. The minimum Gasteiger partial charge on any atom is -0.354 e. The van der Waals surface area contributed by atoms with E-state index in [-0.39, 0.29) is 24.8 Å². The summed E-state index contributed by atoms with van der Waals surface area (Å²) in [7, 11) is 0. The van der Waals surface area contributed by atoms with Crippen molar-refractivity contribution in [1.29, 1.82) is 0 Å². The zero-order valence-electron chi connectivity index (χ0n) is 20.4. The first-order valence-electron chi connectivity index (χ1n) is 11.8. The summed E-state index contributed by atoms with van der Waals surface area (Å²) in [5.74, 6) is -0.0223. The van der Waals surface area contributed by atoms with Gasteiger partial charge in [0.15, 0.2) is 0 Å². The van der Waals surface area contributed by atoms with Crippen molar-refractivity contribution in [1.82, 2.24) is 10.2 Å². The van der Waals surface area contributed by atoms with E-state index in [1.807, 2.05) is 81.4 Å². The first-order valence-corrected chi connectivity index (χ1v) is 12.6. The second kappa shape index (κ2) is 12.8. The molecule has 0 saturated heterocycles. The highest BCUT2D eigenvalue weighted by atomic mass is 35.5. The van der Waals surface area contributed by atoms with Crippen LogP contribution in [0.2, 0.25) is 10.0 Å². The number of nitrogens with one attached hydrogen (secondary N) is 1. The summed E-state index contributed by atoms with van der Waals surface area (Å²) in [6, 6.07) is 22.1. The lowest BCUT2D eigenvalue weighted by atomic mass is 10.0. The molecule has 3 rings (SSSR count). The van der Waals surface area contributed by atoms with Crippen LogP contribution in [0.1, 0.15) is 36.1 Å². The topological polar surface area (TPSA) is 49.4 Å². The average Bonchev–Trinajstić information content (AvgIpc) is 2.81. The summed E-state index contributed by atoms with van der Waals surface area (Å²) in [5.41, 5.74) is 3.71. The van der Waals surface area contributed by atoms with Crippen LogP contribution in [0.3, 0.4) is 0 Å². The molecular weight excluding hydrogens is 479 g/mol. The first-order chi connectivity index (χ1) is 16.7. The Morgan fingerprint density at radius 2 is 1.63 bits per heavy atom. The number of aryl methyl sites for hydroxylation is 1. The maximum Gasteiger partial charge on any atom is 0.243 e. The number of carbonyl (C=O) groups excluding carboxylic acids is 2. The van der Waals surface area contributed by atoms with Gasteiger partial charge in [0, 0.05) is 29.6 Å². The molecule has 4 nitrogen and oxygen atoms in total. The van der Waals surface area contributed by atoms with Crippen molar-refractivity contribution in [3.8, 4) is 0 Å². The minimum atomic E-state index is -0.694. The molecule has 0 fully saturated rings. The van der Waals surface area contributed by atoms with Crippen LogP contribution in [-0.2, 0) is 29.0 Å². The van der Waals surface area contributed by atoms with Gasteiger partial charge in [-0.05, 0) is 41.7 Å². The molecular formula is C29H32Cl2N2O2. The Balaban J connectivity index is 1.98. The van der Waals surface area contributed by atoms with E-state index < -0.39 is 6.04 Å². The summed E-state index contributed by atoms with van der Waals surface area (Å²) in [5, 5.41) is 4.02. The summed E-state index contributed by atoms with van der Waals surface area (Å²) >= 11 is 12.6. The summed E-state index contributed by atoms with van der Waals surface area (Å²) < 4.78 is 0. The number of rotatable bonds is 10. The standard InChI is InChI=1S/C29H32Cl2N2O2/c1-20(2)18-32-29(35)27(15-22-9-5-4-6-10-22)33(19-24-12-13-25(30)17-26(24)31)28(34)16-23-11-7-8-21(3)14-23/h4-14,17,20,27H,15-16,18-19H2,1-3H3,(H,32,35). The normalized spacial score (nSPS) is 11.8. The lowest BCUT2D eigenvalue weighted by Crippen LogP contribution is -2.51. The summed E-state index contributed by atoms with van der Waals surface area (Å²) in [4.78, 5) is 28.9. The van der Waals surface area contributed by atoms with Crippen molar-refractivity contribution in [2.75, 3.05) is 6.54 Å². The molecule has 184 valence electrons. The molecule has 6 heteroatoms. The fraction of sp³-hybridized carbons (Fsp3) is 0.310. The molecule has 0 radical (unpaired) electrons. The summed E-state index contributed by atoms with van der Waals surface area (Å²) in [6.45, 7) is 6.82. The summed E-state index contributed by atoms with van der Waals surface area (Å²) in [6.07, 6.45) is 0.588. The van der Waals surface area contributed by atoms with Gasteiger partial charge < -0.3 is 10.2 Å². The Kier molecular flexibility index (Phi) is 9.76. The number of nitrogens with zero attached hydrogens (tertiary/aromatic N) is 1. The Morgan fingerprint density at radius 3 is 2.29 bits per heavy atom. The largest absolute Gasteiger partial charge is 0.354 e. The molecule has 0 spiro atoms. The quantitative estimate of drug-likeness (QED) is 0.350. The second-order valence-corrected chi connectivity index (χ2v) is 10.1. The molecule has 0 aliphatic rings. The van der Waals surface area contributed by atoms with Crippen molar-refractivity contribution in [3.05, 3.63) is 105 Å². The highest BCUT2D eigenvalue weighted by molar-refractivity contribution is 6.35. The van der Waals surface area contributed by atoms with Gasteiger partial charge in [-0.3, -0.25) is 9.59 Å². The number of halogens is 2. The van der Waals surface area contributed by atoms with Gasteiger partial charge in [-0.2, -0.15) is 0 Å². The van der Waals surface area contributed by atoms with Crippen LogP contribution >= 0.6 is 23.2 Å². The van der Waals surface area contributed by atoms with Gasteiger partial charge in [-0.25, -0.2) is 0 Å². The third kappa shape index (κ3) is 8.12. The predicted octanol–water partition coefficient (Wildman–Crippen LogP) is 6.26. The van der Waals surface area contributed by atoms with E-state index in [4.69, 9.17) is 23.2 Å². The van der Waals surface area contributed by atoms with Crippen LogP contribution < -0.4 is 5.32 Å². The zero-order valence-corrected chi connectivity index (χ0v) is 21.9. The second-order valence-electron chi connectivity index (χ2n) is 9.27. The van der Waals surface area contributed by atoms with Crippen LogP contribution in [0.5, 0.6) is 0 Å². The monoisotopic (exact) mass is 510 g/mol. The maximum atomic E-state index is 13.8. The fourth-order valence-electron chi connectivity index (χ4n) is 3.91. The molecule has 0 saturated carbocycles. The Hall–Kier alpha value is -2.82. The number of hydrogen-bond donors (Lipinski definition) is 1. The van der Waals surface area contributed by atoms with E-state index in [0.29, 0.717) is 28.9 Å². The third-order valence-corrected chi connectivity index (χ3v) is 6.34. The maximum absolute atomic E-state index is 13.8. The molecule has 3 aromatic rings. The van der Waals surface area contributed by atoms with Crippen LogP contribution in [0.25, 0.3) is 0 Å². The molecule has 1 unspecified atom stereocenters. The smallest absolute Gasteiger partial charge is 0.243 e. The van der Waals surface area contributed by atoms with E-state index in [9.17, 15) is 9.59 Å². The average molecular weight is 511 g/mol. The van der Waals surface area contributed by atoms with Crippen LogP contribution in [-0.4, -0.2) is 29.3 Å². The molecule has 0 bridgehead atoms. The van der Waals surface area contributed by atoms with Gasteiger partial charge >= 0.3 is 0 Å². The Bertz CT molecular complexity index is 1150. The molecule has 35 heavy (non-hydrogen) atoms. The van der Waals surface area contributed by atoms with Crippen LogP contribution in [0.4, 0.5) is 0 Å². The number of carbonyl (C=O) groups is 2. The Morgan fingerprint density at radius 1 is 0.914 bits per heavy atom. The predicted molar refractivity (Wildman–Crippen MR) is 144 cm³/mol. The number of amides is 2. The minimum absolute atomic E-state index is 0.137. The van der Waals surface area contributed by atoms with E-state index in [1.54, 1.807) is 17.0 Å². The number of hydrogen-bond acceptors (Lipinski definition) is 2. The van der Waals surface area contributed by atoms with Gasteiger partial charge in [0.25, 0.3) is 0 Å². The van der Waals surface area contributed by atoms with Gasteiger partial charge in [0.1, 0.15) is 6.04 Å². The van der Waals surface area contributed by atoms with E-state index in [0.717, 1.165) is 22.3 Å². The van der Waals surface area contributed by atoms with E-state index in [2.05, 4.69) is 5.32 Å². The highest BCUT2D eigenvalue weighted by Crippen LogP contribution is 2.24. The van der Waals surface area contributed by atoms with Crippen LogP contribution in [0, 0.1) is 12.8 Å². The lowest BCUT2D eigenvalue weighted by molar-refractivity contribution is -0.140. The van der Waals surface area contributed by atoms with Gasteiger partial charge in [-0.15, -0.1) is 0 Å². The fourth-order valence-corrected chi connectivity index (χ4v) is 4.38. The van der Waals surface area contributed by atoms with E-state index >= 15 is 0 Å². The first kappa shape index (κ1) is 26.8. The van der Waals surface area contributed by atoms with Crippen molar-refractivity contribution in [3.63, 3.8) is 0 Å². The molecule has 0 aliphatic carbocycles. The van der Waals surface area contributed by atoms with Crippen molar-refractivity contribution < 1.29 is 9.59 Å². The van der Waals surface area contributed by atoms with Crippen LogP contribution in [0.15, 0.2) is 72.8 Å². The molecule has 1 atom stereocenters. The number of benzene rings is 3. The SMILES string of the molecule is Cc1cccc(CC(=O)N(Cc2ccc(Cl)cc2Cl)C(Cc2ccccc2)C(=O)NCC(C)C)c1. The third-order valence-electron chi connectivity index (χ3n) is 5.75. The molecule has 1 N–H and O–H groups in total. The molecule has 0 aromatic heterocycles. The molecule has 2 amide bonds. The van der Waals surface area contributed by atoms with E-state index in [1.165, 1.54) is 0 Å². The molecule has 0 heterocycles. The Labute approximate surface area is 218 Å². The highest BCUT2D eigenvalue weighted by Gasteiger charge is 2.31. The van der Waals surface area contributed by atoms with Crippen molar-refractivity contribution in [2.24, 2.45) is 5.92 Å². The van der Waals surface area contributed by atoms with Crippen molar-refractivity contribution in [2.45, 2.75) is 46.2 Å². The molecule has 0 aliphatic heterocycles. The van der Waals surface area contributed by atoms with Gasteiger partial charge in [-0.1, -0.05) is 103 Å². The van der Waals surface area contributed by atoms with Gasteiger partial charge in [0.2, 0.25) is 11.8 Å².